The highest BCUT2D eigenvalue weighted by atomic mass is 127. The van der Waals surface area contributed by atoms with Gasteiger partial charge in [-0.25, -0.2) is 8.78 Å². The molecule has 0 amide bonds. The van der Waals surface area contributed by atoms with Gasteiger partial charge in [0.2, 0.25) is 0 Å². The van der Waals surface area contributed by atoms with Gasteiger partial charge in [-0.3, -0.25) is 9.89 Å². The molecule has 0 spiro atoms. The molecular weight excluding hydrogens is 453 g/mol. The summed E-state index contributed by atoms with van der Waals surface area (Å²) in [5.74, 6) is -0.290. The van der Waals surface area contributed by atoms with Gasteiger partial charge in [0.05, 0.1) is 13.2 Å². The van der Waals surface area contributed by atoms with Gasteiger partial charge in [-0.05, 0) is 24.5 Å². The standard InChI is InChI=1S/C18H26F2N4O.HI/c1-21-17(22-6-7-24-8-10-25-11-9-24)23-13-18(4-5-18)15-3-2-14(19)12-16(15)20;/h2-3,12H,4-11,13H2,1H3,(H2,21,22,23);1H. The van der Waals surface area contributed by atoms with Crippen LogP contribution in [-0.2, 0) is 10.2 Å². The minimum absolute atomic E-state index is 0. The first kappa shape index (κ1) is 21.3. The number of nitrogens with zero attached hydrogens (tertiary/aromatic N) is 2. The number of morpholine rings is 1. The number of nitrogens with one attached hydrogen (secondary N) is 2. The summed E-state index contributed by atoms with van der Waals surface area (Å²) in [6, 6.07) is 3.85. The molecule has 0 aromatic heterocycles. The molecule has 1 aromatic rings. The average molecular weight is 480 g/mol. The first-order chi connectivity index (χ1) is 12.1. The second-order valence-corrected chi connectivity index (χ2v) is 6.71. The second-order valence-electron chi connectivity index (χ2n) is 6.71. The number of rotatable bonds is 6. The third-order valence-corrected chi connectivity index (χ3v) is 5.00. The summed E-state index contributed by atoms with van der Waals surface area (Å²) >= 11 is 0. The lowest BCUT2D eigenvalue weighted by atomic mass is 9.95. The van der Waals surface area contributed by atoms with Crippen LogP contribution in [-0.4, -0.2) is 63.8 Å². The Morgan fingerprint density at radius 1 is 1.23 bits per heavy atom. The molecule has 5 nitrogen and oxygen atoms in total. The van der Waals surface area contributed by atoms with Crippen LogP contribution in [0.1, 0.15) is 18.4 Å². The summed E-state index contributed by atoms with van der Waals surface area (Å²) in [6.45, 7) is 5.81. The fourth-order valence-corrected chi connectivity index (χ4v) is 3.24. The highest BCUT2D eigenvalue weighted by Crippen LogP contribution is 2.48. The lowest BCUT2D eigenvalue weighted by molar-refractivity contribution is 0.0389. The molecule has 0 atom stereocenters. The van der Waals surface area contributed by atoms with Crippen LogP contribution in [0.4, 0.5) is 8.78 Å². The van der Waals surface area contributed by atoms with Crippen LogP contribution in [0.25, 0.3) is 0 Å². The maximum atomic E-state index is 14.1. The monoisotopic (exact) mass is 480 g/mol. The van der Waals surface area contributed by atoms with E-state index in [-0.39, 0.29) is 29.4 Å². The van der Waals surface area contributed by atoms with E-state index < -0.39 is 11.6 Å². The molecule has 1 aliphatic heterocycles. The van der Waals surface area contributed by atoms with E-state index in [1.807, 2.05) is 0 Å². The molecule has 0 radical (unpaired) electrons. The van der Waals surface area contributed by atoms with Crippen LogP contribution in [0.5, 0.6) is 0 Å². The molecule has 0 unspecified atom stereocenters. The fraction of sp³-hybridized carbons (Fsp3) is 0.611. The molecule has 1 aliphatic carbocycles. The highest BCUT2D eigenvalue weighted by Gasteiger charge is 2.46. The van der Waals surface area contributed by atoms with Crippen molar-refractivity contribution >= 4 is 29.9 Å². The number of benzene rings is 1. The Kier molecular flexibility index (Phi) is 8.03. The third-order valence-electron chi connectivity index (χ3n) is 5.00. The van der Waals surface area contributed by atoms with Crippen LogP contribution in [0.3, 0.4) is 0 Å². The van der Waals surface area contributed by atoms with Gasteiger partial charge in [0.15, 0.2) is 5.96 Å². The van der Waals surface area contributed by atoms with Crippen molar-refractivity contribution in [2.24, 2.45) is 4.99 Å². The Bertz CT molecular complexity index is 619. The smallest absolute Gasteiger partial charge is 0.191 e. The van der Waals surface area contributed by atoms with Crippen molar-refractivity contribution in [1.82, 2.24) is 15.5 Å². The molecule has 2 aliphatic rings. The number of hydrogen-bond acceptors (Lipinski definition) is 3. The molecule has 26 heavy (non-hydrogen) atoms. The van der Waals surface area contributed by atoms with E-state index in [4.69, 9.17) is 4.74 Å². The average Bonchev–Trinajstić information content (AvgIpc) is 3.39. The number of ether oxygens (including phenoxy) is 1. The van der Waals surface area contributed by atoms with Crippen molar-refractivity contribution in [3.05, 3.63) is 35.4 Å². The van der Waals surface area contributed by atoms with Gasteiger partial charge in [0, 0.05) is 51.3 Å². The molecule has 1 heterocycles. The molecule has 0 bridgehead atoms. The molecule has 2 fully saturated rings. The summed E-state index contributed by atoms with van der Waals surface area (Å²) in [5.41, 5.74) is 0.338. The van der Waals surface area contributed by atoms with Crippen LogP contribution in [0, 0.1) is 11.6 Å². The van der Waals surface area contributed by atoms with Crippen molar-refractivity contribution in [3.63, 3.8) is 0 Å². The minimum atomic E-state index is -0.536. The van der Waals surface area contributed by atoms with Crippen molar-refractivity contribution in [3.8, 4) is 0 Å². The number of halogens is 3. The number of hydrogen-bond donors (Lipinski definition) is 2. The van der Waals surface area contributed by atoms with Crippen molar-refractivity contribution in [2.45, 2.75) is 18.3 Å². The number of guanidine groups is 1. The van der Waals surface area contributed by atoms with E-state index in [1.54, 1.807) is 13.1 Å². The van der Waals surface area contributed by atoms with E-state index in [1.165, 1.54) is 6.07 Å². The van der Waals surface area contributed by atoms with Gasteiger partial charge in [-0.2, -0.15) is 0 Å². The predicted octanol–water partition coefficient (Wildman–Crippen LogP) is 2.11. The van der Waals surface area contributed by atoms with E-state index in [0.717, 1.165) is 58.3 Å². The summed E-state index contributed by atoms with van der Waals surface area (Å²) in [5, 5.41) is 6.58. The maximum Gasteiger partial charge on any atom is 0.191 e. The SMILES string of the molecule is CN=C(NCCN1CCOCC1)NCC1(c2ccc(F)cc2F)CC1.I. The molecule has 2 N–H and O–H groups in total. The molecule has 8 heteroatoms. The van der Waals surface area contributed by atoms with Gasteiger partial charge < -0.3 is 15.4 Å². The Labute approximate surface area is 170 Å². The molecule has 1 aromatic carbocycles. The molecular formula is C18H27F2IN4O. The zero-order chi connectivity index (χ0) is 17.7. The lowest BCUT2D eigenvalue weighted by Crippen LogP contribution is -2.45. The second kappa shape index (κ2) is 9.80. The van der Waals surface area contributed by atoms with Gasteiger partial charge in [-0.15, -0.1) is 24.0 Å². The molecule has 1 saturated carbocycles. The Morgan fingerprint density at radius 2 is 1.96 bits per heavy atom. The normalized spacial score (nSPS) is 19.6. The highest BCUT2D eigenvalue weighted by molar-refractivity contribution is 14.0. The zero-order valence-corrected chi connectivity index (χ0v) is 17.4. The van der Waals surface area contributed by atoms with E-state index in [9.17, 15) is 8.78 Å². The van der Waals surface area contributed by atoms with Crippen LogP contribution in [0.15, 0.2) is 23.2 Å². The maximum absolute atomic E-state index is 14.1. The molecule has 3 rings (SSSR count). The van der Waals surface area contributed by atoms with Gasteiger partial charge in [-0.1, -0.05) is 6.07 Å². The summed E-state index contributed by atoms with van der Waals surface area (Å²) in [6.07, 6.45) is 1.79. The Morgan fingerprint density at radius 3 is 2.58 bits per heavy atom. The van der Waals surface area contributed by atoms with Gasteiger partial charge in [0.1, 0.15) is 11.6 Å². The Hall–Kier alpha value is -1.00. The van der Waals surface area contributed by atoms with Gasteiger partial charge >= 0.3 is 0 Å². The summed E-state index contributed by atoms with van der Waals surface area (Å²) in [7, 11) is 1.72. The minimum Gasteiger partial charge on any atom is -0.379 e. The summed E-state index contributed by atoms with van der Waals surface area (Å²) in [4.78, 5) is 6.58. The van der Waals surface area contributed by atoms with Crippen molar-refractivity contribution < 1.29 is 13.5 Å². The first-order valence-corrected chi connectivity index (χ1v) is 8.83. The largest absolute Gasteiger partial charge is 0.379 e. The van der Waals surface area contributed by atoms with Crippen LogP contribution < -0.4 is 10.6 Å². The van der Waals surface area contributed by atoms with Crippen molar-refractivity contribution in [1.29, 1.82) is 0 Å². The summed E-state index contributed by atoms with van der Waals surface area (Å²) < 4.78 is 32.5. The van der Waals surface area contributed by atoms with E-state index >= 15 is 0 Å². The lowest BCUT2D eigenvalue weighted by Gasteiger charge is -2.27. The van der Waals surface area contributed by atoms with Gasteiger partial charge in [0.25, 0.3) is 0 Å². The molecule has 1 saturated heterocycles. The predicted molar refractivity (Wildman–Crippen MR) is 109 cm³/mol. The van der Waals surface area contributed by atoms with E-state index in [0.29, 0.717) is 18.1 Å². The van der Waals surface area contributed by atoms with Crippen LogP contribution in [0.2, 0.25) is 0 Å². The van der Waals surface area contributed by atoms with Crippen LogP contribution >= 0.6 is 24.0 Å². The van der Waals surface area contributed by atoms with Crippen molar-refractivity contribution in [2.75, 3.05) is 53.0 Å². The Balaban J connectivity index is 0.00000243. The third kappa shape index (κ3) is 5.50. The quantitative estimate of drug-likeness (QED) is 0.372. The topological polar surface area (TPSA) is 48.9 Å². The number of aliphatic imine (C=N–C) groups is 1. The fourth-order valence-electron chi connectivity index (χ4n) is 3.24. The molecule has 146 valence electrons. The van der Waals surface area contributed by atoms with E-state index in [2.05, 4.69) is 20.5 Å². The first-order valence-electron chi connectivity index (χ1n) is 8.83. The zero-order valence-electron chi connectivity index (χ0n) is 15.1.